The van der Waals surface area contributed by atoms with E-state index in [4.69, 9.17) is 10.00 Å². The van der Waals surface area contributed by atoms with Crippen LogP contribution >= 0.6 is 11.8 Å². The molecule has 2 aliphatic heterocycles. The zero-order valence-electron chi connectivity index (χ0n) is 21.1. The molecule has 2 heterocycles. The maximum atomic E-state index is 13.1. The maximum Gasteiger partial charge on any atom is 0.241 e. The van der Waals surface area contributed by atoms with Crippen molar-refractivity contribution in [2.45, 2.75) is 24.5 Å². The van der Waals surface area contributed by atoms with Gasteiger partial charge in [0.1, 0.15) is 11.9 Å². The molecule has 0 spiro atoms. The molecule has 0 aromatic heterocycles. The van der Waals surface area contributed by atoms with Crippen LogP contribution in [0.1, 0.15) is 13.8 Å². The van der Waals surface area contributed by atoms with Crippen molar-refractivity contribution in [3.05, 3.63) is 24.3 Å². The quantitative estimate of drug-likeness (QED) is 0.359. The summed E-state index contributed by atoms with van der Waals surface area (Å²) in [4.78, 5) is 41.6. The molecule has 3 rings (SSSR count). The first-order chi connectivity index (χ1) is 17.9. The van der Waals surface area contributed by atoms with Gasteiger partial charge in [-0.1, -0.05) is 13.0 Å². The number of ether oxygens (including phenoxy) is 1. The van der Waals surface area contributed by atoms with Crippen molar-refractivity contribution < 1.29 is 19.1 Å². The topological polar surface area (TPSA) is 151 Å². The fourth-order valence-corrected chi connectivity index (χ4v) is 5.94. The van der Waals surface area contributed by atoms with Crippen molar-refractivity contribution >= 4 is 40.9 Å². The number of morpholine rings is 1. The van der Waals surface area contributed by atoms with Crippen molar-refractivity contribution in [3.63, 3.8) is 0 Å². The number of hydrogen-bond acceptors (Lipinski definition) is 9. The van der Waals surface area contributed by atoms with Crippen LogP contribution in [-0.4, -0.2) is 90.6 Å². The molecule has 0 bridgehead atoms. The third-order valence-electron chi connectivity index (χ3n) is 6.27. The second kappa shape index (κ2) is 13.8. The Balaban J connectivity index is 1.56. The van der Waals surface area contributed by atoms with E-state index in [9.17, 15) is 19.6 Å². The number of carbonyl (C=O) groups excluding carboxylic acids is 3. The Bertz CT molecular complexity index is 1050. The lowest BCUT2D eigenvalue weighted by Gasteiger charge is -2.25. The summed E-state index contributed by atoms with van der Waals surface area (Å²) < 4.78 is 5.32. The van der Waals surface area contributed by atoms with Gasteiger partial charge in [-0.2, -0.15) is 10.5 Å². The predicted molar refractivity (Wildman–Crippen MR) is 140 cm³/mol. The highest BCUT2D eigenvalue weighted by Gasteiger charge is 2.47. The zero-order chi connectivity index (χ0) is 26.8. The van der Waals surface area contributed by atoms with E-state index in [1.54, 1.807) is 4.90 Å². The summed E-state index contributed by atoms with van der Waals surface area (Å²) >= 11 is 1.32. The summed E-state index contributed by atoms with van der Waals surface area (Å²) in [6.07, 6.45) is 0. The molecule has 2 aliphatic rings. The molecule has 12 heteroatoms. The number of hydrogen-bond donors (Lipinski definition) is 3. The molecule has 3 amide bonds. The molecule has 4 atom stereocenters. The molecule has 4 unspecified atom stereocenters. The Hall–Kier alpha value is -3.32. The summed E-state index contributed by atoms with van der Waals surface area (Å²) in [5.41, 5.74) is 1.49. The second-order valence-corrected chi connectivity index (χ2v) is 10.2. The summed E-state index contributed by atoms with van der Waals surface area (Å²) in [5.74, 6) is -1.91. The average Bonchev–Trinajstić information content (AvgIpc) is 3.22. The van der Waals surface area contributed by atoms with Gasteiger partial charge in [0.15, 0.2) is 5.92 Å². The summed E-state index contributed by atoms with van der Waals surface area (Å²) in [6, 6.07) is 11.2. The summed E-state index contributed by atoms with van der Waals surface area (Å²) in [7, 11) is 0. The van der Waals surface area contributed by atoms with Crippen molar-refractivity contribution in [2.24, 2.45) is 11.8 Å². The minimum absolute atomic E-state index is 0.0862. The average molecular weight is 528 g/mol. The molecule has 0 aliphatic carbocycles. The molecule has 1 aromatic rings. The van der Waals surface area contributed by atoms with Crippen LogP contribution in [0.3, 0.4) is 0 Å². The lowest BCUT2D eigenvalue weighted by molar-refractivity contribution is -0.132. The molecular weight excluding hydrogens is 494 g/mol. The normalized spacial score (nSPS) is 21.4. The largest absolute Gasteiger partial charge is 0.385 e. The first kappa shape index (κ1) is 28.3. The van der Waals surface area contributed by atoms with E-state index in [2.05, 4.69) is 20.9 Å². The van der Waals surface area contributed by atoms with E-state index in [0.717, 1.165) is 18.8 Å². The first-order valence-corrected chi connectivity index (χ1v) is 13.3. The van der Waals surface area contributed by atoms with Crippen LogP contribution in [0.5, 0.6) is 0 Å². The Morgan fingerprint density at radius 2 is 1.97 bits per heavy atom. The number of anilines is 2. The maximum absolute atomic E-state index is 13.1. The van der Waals surface area contributed by atoms with Crippen LogP contribution in [0.25, 0.3) is 0 Å². The molecule has 2 saturated heterocycles. The number of amides is 3. The Morgan fingerprint density at radius 1 is 1.24 bits per heavy atom. The number of thioether (sulfide) groups is 1. The van der Waals surface area contributed by atoms with E-state index < -0.39 is 22.4 Å². The standard InChI is InChI=1S/C25H33N7O4S/c1-3-32-24(35)22(37-25(32)20(14-27)23(34)28-8-7-26)17(2)15-29-18-5-4-6-19(13-18)30-21(33)16-31-9-11-36-12-10-31/h4-6,13,17,20,22,25,29H,3,8-12,15-16H2,1-2H3,(H,28,34)(H,30,33). The van der Waals surface area contributed by atoms with Gasteiger partial charge in [-0.3, -0.25) is 19.3 Å². The Kier molecular flexibility index (Phi) is 10.6. The number of nitriles is 2. The number of carbonyl (C=O) groups is 3. The van der Waals surface area contributed by atoms with Gasteiger partial charge in [-0.05, 0) is 31.0 Å². The monoisotopic (exact) mass is 527 g/mol. The Labute approximate surface area is 221 Å². The lowest BCUT2D eigenvalue weighted by atomic mass is 10.1. The van der Waals surface area contributed by atoms with Gasteiger partial charge in [-0.15, -0.1) is 11.8 Å². The van der Waals surface area contributed by atoms with Crippen molar-refractivity contribution in [1.29, 1.82) is 10.5 Å². The smallest absolute Gasteiger partial charge is 0.241 e. The molecule has 0 radical (unpaired) electrons. The summed E-state index contributed by atoms with van der Waals surface area (Å²) in [5, 5.41) is 26.0. The number of nitrogens with zero attached hydrogens (tertiary/aromatic N) is 4. The number of benzene rings is 1. The van der Waals surface area contributed by atoms with Crippen LogP contribution in [0, 0.1) is 34.5 Å². The van der Waals surface area contributed by atoms with Crippen LogP contribution in [0.15, 0.2) is 24.3 Å². The van der Waals surface area contributed by atoms with Gasteiger partial charge in [0.05, 0.1) is 37.1 Å². The van der Waals surface area contributed by atoms with Gasteiger partial charge in [0.25, 0.3) is 0 Å². The van der Waals surface area contributed by atoms with Gasteiger partial charge in [0, 0.05) is 37.6 Å². The van der Waals surface area contributed by atoms with E-state index >= 15 is 0 Å². The van der Waals surface area contributed by atoms with Crippen LogP contribution in [0.2, 0.25) is 0 Å². The minimum Gasteiger partial charge on any atom is -0.385 e. The predicted octanol–water partition coefficient (Wildman–Crippen LogP) is 1.07. The zero-order valence-corrected chi connectivity index (χ0v) is 21.9. The number of rotatable bonds is 11. The fourth-order valence-electron chi connectivity index (χ4n) is 4.29. The van der Waals surface area contributed by atoms with Crippen molar-refractivity contribution in [1.82, 2.24) is 15.1 Å². The first-order valence-electron chi connectivity index (χ1n) is 12.3. The third kappa shape index (κ3) is 7.59. The molecule has 37 heavy (non-hydrogen) atoms. The van der Waals surface area contributed by atoms with Gasteiger partial charge >= 0.3 is 0 Å². The highest BCUT2D eigenvalue weighted by atomic mass is 32.2. The SMILES string of the molecule is CCN1C(=O)C(C(C)CNc2cccc(NC(=O)CN3CCOCC3)c2)SC1C(C#N)C(=O)NCC#N. The lowest BCUT2D eigenvalue weighted by Crippen LogP contribution is -2.44. The van der Waals surface area contributed by atoms with Crippen molar-refractivity contribution in [2.75, 3.05) is 63.1 Å². The molecule has 11 nitrogen and oxygen atoms in total. The van der Waals surface area contributed by atoms with Gasteiger partial charge in [-0.25, -0.2) is 0 Å². The minimum atomic E-state index is -1.06. The molecule has 2 fully saturated rings. The molecule has 198 valence electrons. The highest BCUT2D eigenvalue weighted by molar-refractivity contribution is 8.01. The molecular formula is C25H33N7O4S. The number of nitrogens with one attached hydrogen (secondary N) is 3. The van der Waals surface area contributed by atoms with E-state index in [1.807, 2.05) is 50.3 Å². The molecule has 1 aromatic carbocycles. The van der Waals surface area contributed by atoms with Crippen LogP contribution in [-0.2, 0) is 19.1 Å². The van der Waals surface area contributed by atoms with Crippen LogP contribution in [0.4, 0.5) is 11.4 Å². The second-order valence-electron chi connectivity index (χ2n) is 8.93. The van der Waals surface area contributed by atoms with Gasteiger partial charge in [0.2, 0.25) is 17.7 Å². The van der Waals surface area contributed by atoms with E-state index in [1.165, 1.54) is 11.8 Å². The summed E-state index contributed by atoms with van der Waals surface area (Å²) in [6.45, 7) is 7.49. The van der Waals surface area contributed by atoms with Crippen molar-refractivity contribution in [3.8, 4) is 12.1 Å². The van der Waals surface area contributed by atoms with Crippen LogP contribution < -0.4 is 16.0 Å². The van der Waals surface area contributed by atoms with E-state index in [-0.39, 0.29) is 24.3 Å². The van der Waals surface area contributed by atoms with E-state index in [0.29, 0.717) is 38.5 Å². The molecule has 0 saturated carbocycles. The fraction of sp³-hybridized carbons (Fsp3) is 0.560. The molecule has 3 N–H and O–H groups in total. The third-order valence-corrected chi connectivity index (χ3v) is 8.04. The highest BCUT2D eigenvalue weighted by Crippen LogP contribution is 2.39. The Morgan fingerprint density at radius 3 is 2.65 bits per heavy atom. The van der Waals surface area contributed by atoms with Gasteiger partial charge < -0.3 is 25.6 Å².